The number of carbonyl (C=O) groups is 1. The van der Waals surface area contributed by atoms with Crippen LogP contribution in [0.25, 0.3) is 0 Å². The number of aryl methyl sites for hydroxylation is 1. The van der Waals surface area contributed by atoms with Crippen LogP contribution in [0.15, 0.2) is 18.2 Å². The van der Waals surface area contributed by atoms with E-state index in [2.05, 4.69) is 0 Å². The summed E-state index contributed by atoms with van der Waals surface area (Å²) in [4.78, 5) is 13.3. The number of alkyl halides is 1. The fourth-order valence-corrected chi connectivity index (χ4v) is 2.46. The van der Waals surface area contributed by atoms with Crippen molar-refractivity contribution in [3.8, 4) is 0 Å². The molecule has 0 N–H and O–H groups in total. The van der Waals surface area contributed by atoms with Gasteiger partial charge in [0.25, 0.3) is 0 Å². The zero-order valence-corrected chi connectivity index (χ0v) is 10.6. The lowest BCUT2D eigenvalue weighted by Gasteiger charge is -2.16. The molecule has 0 saturated carbocycles. The summed E-state index contributed by atoms with van der Waals surface area (Å²) >= 11 is 12.1. The fourth-order valence-electron chi connectivity index (χ4n) is 1.86. The molecule has 1 atom stereocenters. The Bertz CT molecular complexity index is 419. The molecule has 1 amide bonds. The molecule has 1 saturated heterocycles. The highest BCUT2D eigenvalue weighted by atomic mass is 35.5. The quantitative estimate of drug-likeness (QED) is 0.747. The second-order valence-electron chi connectivity index (χ2n) is 4.17. The van der Waals surface area contributed by atoms with E-state index in [9.17, 15) is 4.79 Å². The van der Waals surface area contributed by atoms with Gasteiger partial charge in [-0.3, -0.25) is 4.79 Å². The Morgan fingerprint density at radius 2 is 2.25 bits per heavy atom. The van der Waals surface area contributed by atoms with Gasteiger partial charge in [0, 0.05) is 24.5 Å². The van der Waals surface area contributed by atoms with Crippen LogP contribution in [-0.4, -0.2) is 22.7 Å². The Labute approximate surface area is 105 Å². The van der Waals surface area contributed by atoms with E-state index in [-0.39, 0.29) is 11.3 Å². The van der Waals surface area contributed by atoms with Crippen molar-refractivity contribution < 1.29 is 4.79 Å². The van der Waals surface area contributed by atoms with Crippen molar-refractivity contribution in [2.75, 3.05) is 6.54 Å². The first-order chi connectivity index (χ1) is 7.56. The molecule has 86 valence electrons. The minimum Gasteiger partial charge on any atom is -0.337 e. The van der Waals surface area contributed by atoms with Gasteiger partial charge in [-0.05, 0) is 24.1 Å². The van der Waals surface area contributed by atoms with E-state index < -0.39 is 0 Å². The molecular weight excluding hydrogens is 245 g/mol. The van der Waals surface area contributed by atoms with Gasteiger partial charge in [0.15, 0.2) is 0 Å². The Balaban J connectivity index is 2.12. The minimum atomic E-state index is -0.0586. The van der Waals surface area contributed by atoms with E-state index >= 15 is 0 Å². The standard InChI is InChI=1S/C12H13Cl2NO/c1-8-2-3-9(11(14)4-8)6-15-7-10(13)5-12(15)16/h2-4,10H,5-7H2,1H3. The molecule has 0 aromatic heterocycles. The number of hydrogen-bond donors (Lipinski definition) is 0. The van der Waals surface area contributed by atoms with Crippen molar-refractivity contribution in [3.05, 3.63) is 34.3 Å². The van der Waals surface area contributed by atoms with E-state index in [1.54, 1.807) is 4.90 Å². The maximum Gasteiger partial charge on any atom is 0.224 e. The smallest absolute Gasteiger partial charge is 0.224 e. The normalized spacial score (nSPS) is 20.6. The van der Waals surface area contributed by atoms with Crippen molar-refractivity contribution in [1.29, 1.82) is 0 Å². The molecule has 1 aliphatic rings. The van der Waals surface area contributed by atoms with Crippen LogP contribution in [-0.2, 0) is 11.3 Å². The third-order valence-electron chi connectivity index (χ3n) is 2.74. The molecule has 0 spiro atoms. The first-order valence-electron chi connectivity index (χ1n) is 5.23. The second-order valence-corrected chi connectivity index (χ2v) is 5.19. The average Bonchev–Trinajstić information content (AvgIpc) is 2.50. The van der Waals surface area contributed by atoms with Crippen molar-refractivity contribution in [1.82, 2.24) is 4.90 Å². The number of amides is 1. The summed E-state index contributed by atoms with van der Waals surface area (Å²) < 4.78 is 0. The van der Waals surface area contributed by atoms with Crippen molar-refractivity contribution in [2.24, 2.45) is 0 Å². The number of benzene rings is 1. The van der Waals surface area contributed by atoms with Crippen LogP contribution < -0.4 is 0 Å². The largest absolute Gasteiger partial charge is 0.337 e. The first-order valence-corrected chi connectivity index (χ1v) is 6.04. The molecule has 1 fully saturated rings. The lowest BCUT2D eigenvalue weighted by atomic mass is 10.1. The molecule has 1 unspecified atom stereocenters. The van der Waals surface area contributed by atoms with Gasteiger partial charge in [-0.1, -0.05) is 23.7 Å². The third kappa shape index (κ3) is 2.50. The van der Waals surface area contributed by atoms with Crippen LogP contribution in [0.2, 0.25) is 5.02 Å². The molecular formula is C12H13Cl2NO. The summed E-state index contributed by atoms with van der Waals surface area (Å²) in [6.45, 7) is 3.16. The number of nitrogens with zero attached hydrogens (tertiary/aromatic N) is 1. The zero-order valence-electron chi connectivity index (χ0n) is 9.04. The van der Waals surface area contributed by atoms with Crippen molar-refractivity contribution in [3.63, 3.8) is 0 Å². The molecule has 0 radical (unpaired) electrons. The molecule has 0 bridgehead atoms. The molecule has 2 rings (SSSR count). The first kappa shape index (κ1) is 11.7. The Morgan fingerprint density at radius 1 is 1.50 bits per heavy atom. The molecule has 1 heterocycles. The van der Waals surface area contributed by atoms with E-state index in [0.717, 1.165) is 11.1 Å². The number of carbonyl (C=O) groups excluding carboxylic acids is 1. The molecule has 1 aliphatic heterocycles. The van der Waals surface area contributed by atoms with Crippen LogP contribution >= 0.6 is 23.2 Å². The van der Waals surface area contributed by atoms with Gasteiger partial charge in [-0.15, -0.1) is 11.6 Å². The maximum atomic E-state index is 11.6. The second kappa shape index (κ2) is 4.64. The minimum absolute atomic E-state index is 0.0586. The van der Waals surface area contributed by atoms with Crippen molar-refractivity contribution in [2.45, 2.75) is 25.3 Å². The van der Waals surface area contributed by atoms with Crippen LogP contribution in [0, 0.1) is 6.92 Å². The maximum absolute atomic E-state index is 11.6. The van der Waals surface area contributed by atoms with Crippen LogP contribution in [0.5, 0.6) is 0 Å². The lowest BCUT2D eigenvalue weighted by Crippen LogP contribution is -2.24. The zero-order chi connectivity index (χ0) is 11.7. The fraction of sp³-hybridized carbons (Fsp3) is 0.417. The highest BCUT2D eigenvalue weighted by Crippen LogP contribution is 2.23. The van der Waals surface area contributed by atoms with Gasteiger partial charge in [0.05, 0.1) is 5.38 Å². The summed E-state index contributed by atoms with van der Waals surface area (Å²) in [6.07, 6.45) is 0.436. The van der Waals surface area contributed by atoms with Gasteiger partial charge in [-0.25, -0.2) is 0 Å². The van der Waals surface area contributed by atoms with Gasteiger partial charge in [-0.2, -0.15) is 0 Å². The molecule has 1 aromatic rings. The van der Waals surface area contributed by atoms with Gasteiger partial charge >= 0.3 is 0 Å². The molecule has 4 heteroatoms. The van der Waals surface area contributed by atoms with Gasteiger partial charge in [0.1, 0.15) is 0 Å². The summed E-state index contributed by atoms with van der Waals surface area (Å²) in [6, 6.07) is 5.88. The van der Waals surface area contributed by atoms with Gasteiger partial charge in [0.2, 0.25) is 5.91 Å². The third-order valence-corrected chi connectivity index (χ3v) is 3.38. The van der Waals surface area contributed by atoms with E-state index in [4.69, 9.17) is 23.2 Å². The predicted molar refractivity (Wildman–Crippen MR) is 65.9 cm³/mol. The van der Waals surface area contributed by atoms with Crippen LogP contribution in [0.1, 0.15) is 17.5 Å². The number of halogens is 2. The SMILES string of the molecule is Cc1ccc(CN2CC(Cl)CC2=O)c(Cl)c1. The topological polar surface area (TPSA) is 20.3 Å². The molecule has 0 aliphatic carbocycles. The monoisotopic (exact) mass is 257 g/mol. The summed E-state index contributed by atoms with van der Waals surface area (Å²) in [7, 11) is 0. The predicted octanol–water partition coefficient (Wildman–Crippen LogP) is 2.99. The lowest BCUT2D eigenvalue weighted by molar-refractivity contribution is -0.128. The Hall–Kier alpha value is -0.730. The Morgan fingerprint density at radius 3 is 2.81 bits per heavy atom. The van der Waals surface area contributed by atoms with Crippen LogP contribution in [0.3, 0.4) is 0 Å². The van der Waals surface area contributed by atoms with Crippen molar-refractivity contribution >= 4 is 29.1 Å². The number of rotatable bonds is 2. The summed E-state index contributed by atoms with van der Waals surface area (Å²) in [5.74, 6) is 0.108. The summed E-state index contributed by atoms with van der Waals surface area (Å²) in [5.41, 5.74) is 2.10. The van der Waals surface area contributed by atoms with Gasteiger partial charge < -0.3 is 4.90 Å². The number of hydrogen-bond acceptors (Lipinski definition) is 1. The van der Waals surface area contributed by atoms with E-state index in [1.807, 2.05) is 25.1 Å². The molecule has 16 heavy (non-hydrogen) atoms. The number of likely N-dealkylation sites (tertiary alicyclic amines) is 1. The van der Waals surface area contributed by atoms with E-state index in [0.29, 0.717) is 24.5 Å². The highest BCUT2D eigenvalue weighted by molar-refractivity contribution is 6.31. The highest BCUT2D eigenvalue weighted by Gasteiger charge is 2.28. The summed E-state index contributed by atoms with van der Waals surface area (Å²) in [5, 5.41) is 0.655. The Kier molecular flexibility index (Phi) is 3.41. The molecule has 2 nitrogen and oxygen atoms in total. The van der Waals surface area contributed by atoms with E-state index in [1.165, 1.54) is 0 Å². The molecule has 1 aromatic carbocycles. The average molecular weight is 258 g/mol. The van der Waals surface area contributed by atoms with Crippen LogP contribution in [0.4, 0.5) is 0 Å².